The zero-order valence-corrected chi connectivity index (χ0v) is 13.1. The molecular formula is C20H23NO. The Morgan fingerprint density at radius 2 is 1.68 bits per heavy atom. The monoisotopic (exact) mass is 293 g/mol. The predicted molar refractivity (Wildman–Crippen MR) is 79.3 cm³/mol. The fourth-order valence-electron chi connectivity index (χ4n) is 12.7. The van der Waals surface area contributed by atoms with Crippen LogP contribution in [0.25, 0.3) is 0 Å². The second-order valence-corrected chi connectivity index (χ2v) is 11.2. The summed E-state index contributed by atoms with van der Waals surface area (Å²) in [4.78, 5) is 12.0. The second kappa shape index (κ2) is 2.39. The van der Waals surface area contributed by atoms with E-state index in [9.17, 15) is 4.91 Å². The number of nitrogens with zero attached hydrogens (tertiary/aromatic N) is 1. The van der Waals surface area contributed by atoms with Gasteiger partial charge < -0.3 is 0 Å². The van der Waals surface area contributed by atoms with Gasteiger partial charge >= 0.3 is 0 Å². The summed E-state index contributed by atoms with van der Waals surface area (Å²) in [6.07, 6.45) is 4.62. The average Bonchev–Trinajstić information content (AvgIpc) is 3.34. The molecule has 8 aliphatic carbocycles. The lowest BCUT2D eigenvalue weighted by Crippen LogP contribution is -2.72. The van der Waals surface area contributed by atoms with E-state index < -0.39 is 0 Å². The van der Waals surface area contributed by atoms with Crippen LogP contribution in [0, 0.1) is 92.7 Å². The van der Waals surface area contributed by atoms with Gasteiger partial charge in [0, 0.05) is 0 Å². The van der Waals surface area contributed by atoms with E-state index in [1.165, 1.54) is 12.8 Å². The summed E-state index contributed by atoms with van der Waals surface area (Å²) in [6, 6.07) is 0.264. The van der Waals surface area contributed by atoms with E-state index in [1.54, 1.807) is 6.42 Å². The highest BCUT2D eigenvalue weighted by molar-refractivity contribution is 5.46. The Kier molecular flexibility index (Phi) is 1.13. The fraction of sp³-hybridized carbons (Fsp3) is 1.00. The Labute approximate surface area is 130 Å². The lowest BCUT2D eigenvalue weighted by atomic mass is 9.28. The van der Waals surface area contributed by atoms with Gasteiger partial charge in [-0.2, -0.15) is 4.91 Å². The minimum absolute atomic E-state index is 0.264. The van der Waals surface area contributed by atoms with Crippen LogP contribution in [0.4, 0.5) is 0 Å². The van der Waals surface area contributed by atoms with Gasteiger partial charge in [-0.15, -0.1) is 0 Å². The molecule has 0 saturated heterocycles. The maximum absolute atomic E-state index is 12.0. The summed E-state index contributed by atoms with van der Waals surface area (Å²) in [5.74, 6) is 12.9. The van der Waals surface area contributed by atoms with Gasteiger partial charge in [-0.3, -0.25) is 0 Å². The molecule has 8 aliphatic rings. The van der Waals surface area contributed by atoms with Crippen LogP contribution >= 0.6 is 0 Å². The van der Waals surface area contributed by atoms with Crippen LogP contribution in [0.1, 0.15) is 26.2 Å². The molecule has 0 amide bonds. The van der Waals surface area contributed by atoms with E-state index >= 15 is 0 Å². The van der Waals surface area contributed by atoms with E-state index in [4.69, 9.17) is 0 Å². The third-order valence-corrected chi connectivity index (χ3v) is 12.2. The molecular weight excluding hydrogens is 270 g/mol. The first-order valence-corrected chi connectivity index (χ1v) is 10.1. The van der Waals surface area contributed by atoms with Crippen LogP contribution in [0.15, 0.2) is 5.18 Å². The van der Waals surface area contributed by atoms with E-state index in [0.29, 0.717) is 5.41 Å². The average molecular weight is 293 g/mol. The van der Waals surface area contributed by atoms with Gasteiger partial charge in [0.15, 0.2) is 0 Å². The molecule has 1 spiro atoms. The second-order valence-electron chi connectivity index (χ2n) is 11.2. The summed E-state index contributed by atoms with van der Waals surface area (Å²) in [7, 11) is 0. The minimum atomic E-state index is 0.264. The molecule has 2 nitrogen and oxygen atoms in total. The first kappa shape index (κ1) is 10.5. The molecule has 12 unspecified atom stereocenters. The molecule has 22 heavy (non-hydrogen) atoms. The largest absolute Gasteiger partial charge is 0.150 e. The third kappa shape index (κ3) is 0.575. The van der Waals surface area contributed by atoms with Crippen molar-refractivity contribution < 1.29 is 0 Å². The molecule has 2 heteroatoms. The van der Waals surface area contributed by atoms with Crippen molar-refractivity contribution in [3.05, 3.63) is 4.91 Å². The molecule has 8 fully saturated rings. The predicted octanol–water partition coefficient (Wildman–Crippen LogP) is 3.42. The molecule has 0 heterocycles. The van der Waals surface area contributed by atoms with Gasteiger partial charge in [0.25, 0.3) is 0 Å². The first-order valence-electron chi connectivity index (χ1n) is 10.1. The van der Waals surface area contributed by atoms with Crippen LogP contribution < -0.4 is 0 Å². The highest BCUT2D eigenvalue weighted by Gasteiger charge is 2.99. The van der Waals surface area contributed by atoms with E-state index in [0.717, 1.165) is 82.3 Å². The number of hydrogen-bond acceptors (Lipinski definition) is 2. The van der Waals surface area contributed by atoms with Crippen molar-refractivity contribution in [2.45, 2.75) is 32.2 Å². The van der Waals surface area contributed by atoms with E-state index in [2.05, 4.69) is 12.1 Å². The summed E-state index contributed by atoms with van der Waals surface area (Å²) in [5, 5.41) is 3.90. The molecule has 0 aromatic carbocycles. The van der Waals surface area contributed by atoms with Crippen molar-refractivity contribution in [2.75, 3.05) is 0 Å². The molecule has 0 aromatic rings. The Morgan fingerprint density at radius 1 is 0.864 bits per heavy atom. The van der Waals surface area contributed by atoms with Crippen LogP contribution in [0.3, 0.4) is 0 Å². The zero-order valence-electron chi connectivity index (χ0n) is 13.1. The van der Waals surface area contributed by atoms with Crippen molar-refractivity contribution in [3.63, 3.8) is 0 Å². The maximum atomic E-state index is 12.0. The van der Waals surface area contributed by atoms with Gasteiger partial charge in [-0.05, 0) is 107 Å². The van der Waals surface area contributed by atoms with Crippen molar-refractivity contribution >= 4 is 0 Å². The van der Waals surface area contributed by atoms with Gasteiger partial charge in [-0.1, -0.05) is 12.1 Å². The Hall–Kier alpha value is -0.400. The molecule has 2 bridgehead atoms. The number of rotatable bonds is 1. The van der Waals surface area contributed by atoms with Gasteiger partial charge in [0.05, 0.1) is 6.04 Å². The fourth-order valence-corrected chi connectivity index (χ4v) is 12.7. The lowest BCUT2D eigenvalue weighted by Gasteiger charge is -2.75. The Morgan fingerprint density at radius 3 is 2.55 bits per heavy atom. The third-order valence-electron chi connectivity index (χ3n) is 12.2. The van der Waals surface area contributed by atoms with Gasteiger partial charge in [-0.25, -0.2) is 0 Å². The van der Waals surface area contributed by atoms with Crippen molar-refractivity contribution in [2.24, 2.45) is 92.9 Å². The zero-order chi connectivity index (χ0) is 13.9. The molecule has 16 atom stereocenters. The Balaban J connectivity index is 1.46. The van der Waals surface area contributed by atoms with Gasteiger partial charge in [0.1, 0.15) is 0 Å². The molecule has 8 saturated carbocycles. The van der Waals surface area contributed by atoms with Crippen LogP contribution in [0.5, 0.6) is 0 Å². The minimum Gasteiger partial charge on any atom is -0.150 e. The normalized spacial score (nSPS) is 90.0. The number of nitroso groups, excluding NO2 is 1. The molecule has 0 N–H and O–H groups in total. The van der Waals surface area contributed by atoms with Crippen LogP contribution in [0.2, 0.25) is 0 Å². The molecule has 114 valence electrons. The number of fused-ring (bicyclic) bond motifs is 12. The molecule has 0 aromatic heterocycles. The Bertz CT molecular complexity index is 718. The smallest absolute Gasteiger partial charge is 0.0989 e. The molecule has 0 aliphatic heterocycles. The van der Waals surface area contributed by atoms with E-state index in [1.807, 2.05) is 0 Å². The lowest BCUT2D eigenvalue weighted by molar-refractivity contribution is -0.289. The van der Waals surface area contributed by atoms with Gasteiger partial charge in [0.2, 0.25) is 0 Å². The number of hydrogen-bond donors (Lipinski definition) is 0. The maximum Gasteiger partial charge on any atom is 0.0989 e. The van der Waals surface area contributed by atoms with Crippen LogP contribution in [-0.4, -0.2) is 6.04 Å². The summed E-state index contributed by atoms with van der Waals surface area (Å²) < 4.78 is 0. The van der Waals surface area contributed by atoms with E-state index in [-0.39, 0.29) is 6.04 Å². The molecule has 0 radical (unpaired) electrons. The van der Waals surface area contributed by atoms with Crippen LogP contribution in [-0.2, 0) is 0 Å². The summed E-state index contributed by atoms with van der Waals surface area (Å²) >= 11 is 0. The molecule has 8 rings (SSSR count). The first-order chi connectivity index (χ1) is 10.8. The van der Waals surface area contributed by atoms with Crippen molar-refractivity contribution in [1.29, 1.82) is 0 Å². The summed E-state index contributed by atoms with van der Waals surface area (Å²) in [5.41, 5.74) is 1.41. The highest BCUT2D eigenvalue weighted by atomic mass is 16.3. The topological polar surface area (TPSA) is 29.4 Å². The highest BCUT2D eigenvalue weighted by Crippen LogP contribution is 3.02. The SMILES string of the molecule is CC1C2CC2C23C4C(N=O)[C@H]5C6C[C@]7(C1C2C67)C5C4[C@H]1C[C@H]13. The summed E-state index contributed by atoms with van der Waals surface area (Å²) in [6.45, 7) is 2.63. The quantitative estimate of drug-likeness (QED) is 0.681. The standard InChI is InChI=1S/C20H23NO/c1-5-6-2-9(6)20-10-3-7(10)11-15-12(18(21-22)16(11)20)8-4-19(15)13(5)17(20)14(8)19/h5-18H,2-4H2,1H3/t5?,6?,7-,8?,9?,10+,11?,12-,13?,14?,15?,16?,17?,18?,19+,20?/m0/s1. The van der Waals surface area contributed by atoms with Crippen molar-refractivity contribution in [3.8, 4) is 0 Å². The van der Waals surface area contributed by atoms with Crippen molar-refractivity contribution in [1.82, 2.24) is 0 Å².